The summed E-state index contributed by atoms with van der Waals surface area (Å²) in [5.41, 5.74) is 1.95. The third-order valence-electron chi connectivity index (χ3n) is 5.53. The van der Waals surface area contributed by atoms with Crippen molar-refractivity contribution in [2.45, 2.75) is 38.9 Å². The summed E-state index contributed by atoms with van der Waals surface area (Å²) in [5.74, 6) is 0.593. The van der Waals surface area contributed by atoms with E-state index in [0.29, 0.717) is 13.4 Å². The van der Waals surface area contributed by atoms with Gasteiger partial charge in [0.1, 0.15) is 5.52 Å². The number of aromatic nitrogens is 1. The van der Waals surface area contributed by atoms with Gasteiger partial charge in [0, 0.05) is 10.9 Å². The fraction of sp³-hybridized carbons (Fsp3) is 0.261. The molecule has 0 aliphatic heterocycles. The molecule has 0 amide bonds. The van der Waals surface area contributed by atoms with Crippen molar-refractivity contribution in [1.82, 2.24) is 4.98 Å². The number of oxazole rings is 1. The predicted octanol–water partition coefficient (Wildman–Crippen LogP) is 4.19. The molecule has 0 radical (unpaired) electrons. The molecule has 0 saturated heterocycles. The molecular formula is C23H24BNO3. The first kappa shape index (κ1) is 18.7. The van der Waals surface area contributed by atoms with Crippen LogP contribution < -0.4 is 5.46 Å². The molecule has 5 heteroatoms. The Morgan fingerprint density at radius 3 is 2.54 bits per heavy atom. The molecule has 0 aliphatic carbocycles. The van der Waals surface area contributed by atoms with Crippen molar-refractivity contribution in [3.05, 3.63) is 60.7 Å². The maximum atomic E-state index is 10.3. The van der Waals surface area contributed by atoms with Gasteiger partial charge in [-0.3, -0.25) is 0 Å². The average molecular weight is 373 g/mol. The van der Waals surface area contributed by atoms with Crippen molar-refractivity contribution in [1.29, 1.82) is 0 Å². The molecule has 0 saturated carbocycles. The lowest BCUT2D eigenvalue weighted by Gasteiger charge is -2.37. The second-order valence-corrected chi connectivity index (χ2v) is 8.21. The number of benzene rings is 3. The van der Waals surface area contributed by atoms with Crippen molar-refractivity contribution in [2.75, 3.05) is 0 Å². The number of nitrogens with zero attached hydrogens (tertiary/aromatic N) is 1. The minimum atomic E-state index is -0.939. The van der Waals surface area contributed by atoms with Gasteiger partial charge in [-0.2, -0.15) is 0 Å². The predicted molar refractivity (Wildman–Crippen MR) is 115 cm³/mol. The number of hydrogen-bond acceptors (Lipinski definition) is 4. The van der Waals surface area contributed by atoms with E-state index < -0.39 is 11.2 Å². The highest BCUT2D eigenvalue weighted by Crippen LogP contribution is 2.29. The topological polar surface area (TPSA) is 55.5 Å². The Morgan fingerprint density at radius 2 is 1.75 bits per heavy atom. The Morgan fingerprint density at radius 1 is 0.964 bits per heavy atom. The van der Waals surface area contributed by atoms with Gasteiger partial charge in [0.2, 0.25) is 5.89 Å². The lowest BCUT2D eigenvalue weighted by molar-refractivity contribution is -0.0893. The molecule has 1 aromatic heterocycles. The highest BCUT2D eigenvalue weighted by molar-refractivity contribution is 6.47. The lowest BCUT2D eigenvalue weighted by Crippen LogP contribution is -2.49. The van der Waals surface area contributed by atoms with Crippen LogP contribution in [-0.2, 0) is 4.65 Å². The summed E-state index contributed by atoms with van der Waals surface area (Å²) in [5, 5.41) is 12.5. The zero-order valence-corrected chi connectivity index (χ0v) is 16.7. The first-order valence-corrected chi connectivity index (χ1v) is 9.48. The van der Waals surface area contributed by atoms with Gasteiger partial charge in [0.05, 0.1) is 11.2 Å². The Bertz CT molecular complexity index is 1140. The minimum absolute atomic E-state index is 0.397. The Hall–Kier alpha value is -2.63. The lowest BCUT2D eigenvalue weighted by atomic mass is 9.82. The smallest absolute Gasteiger partial charge is 0.309 e. The maximum absolute atomic E-state index is 10.3. The van der Waals surface area contributed by atoms with E-state index in [2.05, 4.69) is 18.2 Å². The summed E-state index contributed by atoms with van der Waals surface area (Å²) in [4.78, 5) is 4.75. The van der Waals surface area contributed by atoms with E-state index >= 15 is 0 Å². The molecular weight excluding hydrogens is 349 g/mol. The van der Waals surface area contributed by atoms with Crippen molar-refractivity contribution in [3.8, 4) is 11.5 Å². The molecule has 0 bridgehead atoms. The van der Waals surface area contributed by atoms with Gasteiger partial charge in [0.25, 0.3) is 0 Å². The maximum Gasteiger partial charge on any atom is 0.309 e. The third-order valence-corrected chi connectivity index (χ3v) is 5.53. The van der Waals surface area contributed by atoms with Crippen LogP contribution >= 0.6 is 0 Å². The second-order valence-electron chi connectivity index (χ2n) is 8.21. The summed E-state index contributed by atoms with van der Waals surface area (Å²) in [6, 6.07) is 20.2. The molecule has 0 spiro atoms. The van der Waals surface area contributed by atoms with E-state index in [9.17, 15) is 5.11 Å². The molecule has 0 atom stereocenters. The van der Waals surface area contributed by atoms with Crippen LogP contribution in [0, 0.1) is 0 Å². The van der Waals surface area contributed by atoms with Gasteiger partial charge >= 0.3 is 7.48 Å². The van der Waals surface area contributed by atoms with E-state index in [1.807, 2.05) is 56.3 Å². The SMILES string of the molecule is CC(C)(O)C(C)(C)OBc1cccc(-c2nc3c(ccc4ccccc43)o2)c1. The molecule has 0 aliphatic rings. The summed E-state index contributed by atoms with van der Waals surface area (Å²) in [6.07, 6.45) is 0. The highest BCUT2D eigenvalue weighted by atomic mass is 16.5. The molecule has 4 aromatic rings. The van der Waals surface area contributed by atoms with Crippen molar-refractivity contribution in [3.63, 3.8) is 0 Å². The molecule has 1 heterocycles. The number of hydrogen-bond donors (Lipinski definition) is 1. The first-order chi connectivity index (χ1) is 13.2. The number of aliphatic hydroxyl groups is 1. The fourth-order valence-corrected chi connectivity index (χ4v) is 3.02. The van der Waals surface area contributed by atoms with E-state index in [4.69, 9.17) is 14.1 Å². The highest BCUT2D eigenvalue weighted by Gasteiger charge is 2.35. The Balaban J connectivity index is 1.65. The van der Waals surface area contributed by atoms with Gasteiger partial charge in [-0.25, -0.2) is 4.98 Å². The number of rotatable bonds is 5. The van der Waals surface area contributed by atoms with Gasteiger partial charge in [0.15, 0.2) is 5.58 Å². The van der Waals surface area contributed by atoms with Crippen LogP contribution in [0.3, 0.4) is 0 Å². The summed E-state index contributed by atoms with van der Waals surface area (Å²) >= 11 is 0. The van der Waals surface area contributed by atoms with Gasteiger partial charge in [-0.15, -0.1) is 0 Å². The van der Waals surface area contributed by atoms with E-state index in [0.717, 1.165) is 32.9 Å². The van der Waals surface area contributed by atoms with Crippen LogP contribution in [0.15, 0.2) is 65.1 Å². The van der Waals surface area contributed by atoms with Gasteiger partial charge in [-0.1, -0.05) is 54.0 Å². The molecule has 3 aromatic carbocycles. The summed E-state index contributed by atoms with van der Waals surface area (Å²) in [7, 11) is 0.397. The quantitative estimate of drug-likeness (QED) is 0.533. The van der Waals surface area contributed by atoms with Gasteiger partial charge < -0.3 is 14.2 Å². The van der Waals surface area contributed by atoms with Crippen LogP contribution in [0.25, 0.3) is 33.3 Å². The van der Waals surface area contributed by atoms with Gasteiger partial charge in [-0.05, 0) is 45.2 Å². The zero-order chi connectivity index (χ0) is 19.9. The average Bonchev–Trinajstić information content (AvgIpc) is 3.11. The van der Waals surface area contributed by atoms with E-state index in [1.165, 1.54) is 0 Å². The number of fused-ring (bicyclic) bond motifs is 3. The van der Waals surface area contributed by atoms with E-state index in [1.54, 1.807) is 13.8 Å². The molecule has 0 unspecified atom stereocenters. The monoisotopic (exact) mass is 373 g/mol. The minimum Gasteiger partial charge on any atom is -0.436 e. The first-order valence-electron chi connectivity index (χ1n) is 9.48. The zero-order valence-electron chi connectivity index (χ0n) is 16.7. The molecule has 1 N–H and O–H groups in total. The summed E-state index contributed by atoms with van der Waals surface area (Å²) < 4.78 is 12.0. The van der Waals surface area contributed by atoms with E-state index in [-0.39, 0.29) is 0 Å². The van der Waals surface area contributed by atoms with Crippen molar-refractivity contribution >= 4 is 34.8 Å². The molecule has 28 heavy (non-hydrogen) atoms. The standard InChI is InChI=1S/C23H24BNO3/c1-22(2,26)23(3,4)28-24-17-10-7-9-16(14-17)21-25-20-18-11-6-5-8-15(18)12-13-19(20)27-21/h5-14,24,26H,1-4H3. The second kappa shape index (κ2) is 6.76. The molecule has 142 valence electrons. The molecule has 4 nitrogen and oxygen atoms in total. The van der Waals surface area contributed by atoms with Crippen molar-refractivity contribution < 1.29 is 14.2 Å². The van der Waals surface area contributed by atoms with Crippen LogP contribution in [0.5, 0.6) is 0 Å². The van der Waals surface area contributed by atoms with Crippen LogP contribution in [0.2, 0.25) is 0 Å². The summed E-state index contributed by atoms with van der Waals surface area (Å²) in [6.45, 7) is 7.30. The van der Waals surface area contributed by atoms with Crippen LogP contribution in [-0.4, -0.2) is 28.8 Å². The van der Waals surface area contributed by atoms with Crippen LogP contribution in [0.4, 0.5) is 0 Å². The largest absolute Gasteiger partial charge is 0.436 e. The molecule has 4 rings (SSSR count). The molecule has 0 fully saturated rings. The van der Waals surface area contributed by atoms with Crippen LogP contribution in [0.1, 0.15) is 27.7 Å². The van der Waals surface area contributed by atoms with Crippen molar-refractivity contribution in [2.24, 2.45) is 0 Å². The Labute approximate surface area is 165 Å². The Kier molecular flexibility index (Phi) is 4.52. The normalized spacial score (nSPS) is 12.6. The third kappa shape index (κ3) is 3.43. The fourth-order valence-electron chi connectivity index (χ4n) is 3.02.